The van der Waals surface area contributed by atoms with Crippen molar-refractivity contribution < 1.29 is 0 Å². The minimum Gasteiger partial charge on any atom is -0.370 e. The van der Waals surface area contributed by atoms with Crippen LogP contribution in [0, 0.1) is 22.7 Å². The summed E-state index contributed by atoms with van der Waals surface area (Å²) in [5.41, 5.74) is 2.23. The topological polar surface area (TPSA) is 27.0 Å². The number of rotatable bonds is 1. The van der Waals surface area contributed by atoms with Gasteiger partial charge < -0.3 is 4.90 Å². The summed E-state index contributed by atoms with van der Waals surface area (Å²) in [5.74, 6) is 0.769. The second-order valence-electron chi connectivity index (χ2n) is 6.73. The Hall–Kier alpha value is -1.01. The van der Waals surface area contributed by atoms with Gasteiger partial charge in [-0.25, -0.2) is 0 Å². The summed E-state index contributed by atoms with van der Waals surface area (Å²) in [6.07, 6.45) is 3.70. The van der Waals surface area contributed by atoms with E-state index in [9.17, 15) is 5.26 Å². The van der Waals surface area contributed by atoms with Gasteiger partial charge in [-0.15, -0.1) is 0 Å². The van der Waals surface area contributed by atoms with Crippen LogP contribution in [0.15, 0.2) is 22.7 Å². The molecule has 1 fully saturated rings. The van der Waals surface area contributed by atoms with E-state index in [1.165, 1.54) is 19.3 Å². The van der Waals surface area contributed by atoms with E-state index >= 15 is 0 Å². The monoisotopic (exact) mass is 334 g/mol. The summed E-state index contributed by atoms with van der Waals surface area (Å²) < 4.78 is 0.897. The molecule has 2 rings (SSSR count). The summed E-state index contributed by atoms with van der Waals surface area (Å²) in [5, 5.41) is 9.37. The van der Waals surface area contributed by atoms with Crippen LogP contribution in [0.2, 0.25) is 0 Å². The van der Waals surface area contributed by atoms with Crippen molar-refractivity contribution in [2.45, 2.75) is 40.0 Å². The Morgan fingerprint density at radius 3 is 2.65 bits per heavy atom. The zero-order valence-corrected chi connectivity index (χ0v) is 14.2. The van der Waals surface area contributed by atoms with Crippen LogP contribution < -0.4 is 4.90 Å². The van der Waals surface area contributed by atoms with Crippen LogP contribution in [0.4, 0.5) is 5.69 Å². The van der Waals surface area contributed by atoms with Crippen LogP contribution in [0.1, 0.15) is 45.6 Å². The molecule has 108 valence electrons. The van der Waals surface area contributed by atoms with E-state index < -0.39 is 0 Å². The van der Waals surface area contributed by atoms with E-state index in [2.05, 4.69) is 53.7 Å². The van der Waals surface area contributed by atoms with Crippen molar-refractivity contribution in [3.05, 3.63) is 28.2 Å². The van der Waals surface area contributed by atoms with E-state index in [-0.39, 0.29) is 0 Å². The highest BCUT2D eigenvalue weighted by molar-refractivity contribution is 9.10. The van der Waals surface area contributed by atoms with Crippen LogP contribution in [-0.4, -0.2) is 13.1 Å². The van der Waals surface area contributed by atoms with Crippen LogP contribution in [-0.2, 0) is 0 Å². The quantitative estimate of drug-likeness (QED) is 0.724. The molecule has 0 aliphatic carbocycles. The molecule has 1 aromatic rings. The Balaban J connectivity index is 2.20. The lowest BCUT2D eigenvalue weighted by Crippen LogP contribution is -2.26. The van der Waals surface area contributed by atoms with Crippen molar-refractivity contribution in [1.82, 2.24) is 0 Å². The smallest absolute Gasteiger partial charge is 0.103 e. The molecule has 3 heteroatoms. The average molecular weight is 335 g/mol. The molecule has 0 bridgehead atoms. The molecule has 1 aromatic carbocycles. The Labute approximate surface area is 130 Å². The van der Waals surface area contributed by atoms with Crippen molar-refractivity contribution in [3.63, 3.8) is 0 Å². The first-order valence-corrected chi connectivity index (χ1v) is 8.16. The van der Waals surface area contributed by atoms with Gasteiger partial charge in [0.15, 0.2) is 0 Å². The molecular formula is C17H23BrN2. The fraction of sp³-hybridized carbons (Fsp3) is 0.588. The van der Waals surface area contributed by atoms with Gasteiger partial charge >= 0.3 is 0 Å². The Morgan fingerprint density at radius 1 is 1.25 bits per heavy atom. The number of nitriles is 1. The highest BCUT2D eigenvalue weighted by Gasteiger charge is 2.27. The Kier molecular flexibility index (Phi) is 4.75. The third kappa shape index (κ3) is 3.35. The largest absolute Gasteiger partial charge is 0.370 e. The van der Waals surface area contributed by atoms with Crippen molar-refractivity contribution in [2.75, 3.05) is 18.0 Å². The van der Waals surface area contributed by atoms with Gasteiger partial charge in [0.25, 0.3) is 0 Å². The van der Waals surface area contributed by atoms with E-state index in [1.807, 2.05) is 12.1 Å². The van der Waals surface area contributed by atoms with Gasteiger partial charge in [0.05, 0.1) is 11.3 Å². The number of anilines is 1. The summed E-state index contributed by atoms with van der Waals surface area (Å²) in [6, 6.07) is 8.37. The van der Waals surface area contributed by atoms with Gasteiger partial charge in [-0.05, 0) is 58.7 Å². The van der Waals surface area contributed by atoms with Crippen LogP contribution in [0.25, 0.3) is 0 Å². The molecule has 1 aliphatic rings. The molecule has 1 saturated heterocycles. The number of benzene rings is 1. The van der Waals surface area contributed by atoms with Crippen LogP contribution >= 0.6 is 15.9 Å². The molecule has 0 spiro atoms. The molecule has 0 amide bonds. The number of hydrogen-bond acceptors (Lipinski definition) is 2. The minimum atomic E-state index is 0.380. The van der Waals surface area contributed by atoms with Crippen molar-refractivity contribution in [3.8, 4) is 6.07 Å². The minimum absolute atomic E-state index is 0.380. The number of halogens is 1. The van der Waals surface area contributed by atoms with Crippen LogP contribution in [0.3, 0.4) is 0 Å². The van der Waals surface area contributed by atoms with E-state index in [4.69, 9.17) is 0 Å². The molecule has 0 saturated carbocycles. The first kappa shape index (κ1) is 15.4. The van der Waals surface area contributed by atoms with Gasteiger partial charge in [0, 0.05) is 17.6 Å². The Bertz CT molecular complexity index is 511. The molecule has 0 radical (unpaired) electrons. The van der Waals surface area contributed by atoms with Gasteiger partial charge in [-0.3, -0.25) is 0 Å². The summed E-state index contributed by atoms with van der Waals surface area (Å²) in [4.78, 5) is 2.38. The van der Waals surface area contributed by atoms with Gasteiger partial charge in [0.1, 0.15) is 6.07 Å². The fourth-order valence-corrected chi connectivity index (χ4v) is 3.53. The molecule has 1 aliphatic heterocycles. The molecular weight excluding hydrogens is 312 g/mol. The van der Waals surface area contributed by atoms with E-state index in [0.717, 1.165) is 34.7 Å². The first-order chi connectivity index (χ1) is 9.43. The maximum Gasteiger partial charge on any atom is 0.103 e. The number of nitrogens with zero attached hydrogens (tertiary/aromatic N) is 2. The lowest BCUT2D eigenvalue weighted by molar-refractivity contribution is 0.220. The lowest BCUT2D eigenvalue weighted by Gasteiger charge is -2.30. The van der Waals surface area contributed by atoms with Gasteiger partial charge in [-0.1, -0.05) is 26.8 Å². The van der Waals surface area contributed by atoms with Crippen molar-refractivity contribution in [1.29, 1.82) is 5.26 Å². The number of hydrogen-bond donors (Lipinski definition) is 0. The van der Waals surface area contributed by atoms with Crippen molar-refractivity contribution >= 4 is 21.6 Å². The third-order valence-corrected chi connectivity index (χ3v) is 5.06. The predicted octanol–water partition coefficient (Wildman–Crippen LogP) is 4.97. The first-order valence-electron chi connectivity index (χ1n) is 7.37. The standard InChI is InChI=1S/C17H23BrN2/c1-17(2,3)13-6-5-10-20(11-9-13)16-8-4-7-15(18)14(16)12-19/h4,7-8,13H,5-6,9-11H2,1-3H3. The maximum absolute atomic E-state index is 9.37. The van der Waals surface area contributed by atoms with Gasteiger partial charge in [0.2, 0.25) is 0 Å². The van der Waals surface area contributed by atoms with Gasteiger partial charge in [-0.2, -0.15) is 5.26 Å². The maximum atomic E-state index is 9.37. The summed E-state index contributed by atoms with van der Waals surface area (Å²) in [6.45, 7) is 9.12. The summed E-state index contributed by atoms with van der Waals surface area (Å²) >= 11 is 3.49. The molecule has 1 unspecified atom stereocenters. The second-order valence-corrected chi connectivity index (χ2v) is 7.58. The summed E-state index contributed by atoms with van der Waals surface area (Å²) in [7, 11) is 0. The van der Waals surface area contributed by atoms with Crippen molar-refractivity contribution in [2.24, 2.45) is 11.3 Å². The zero-order valence-electron chi connectivity index (χ0n) is 12.6. The van der Waals surface area contributed by atoms with E-state index in [1.54, 1.807) is 0 Å². The predicted molar refractivity (Wildman–Crippen MR) is 87.9 cm³/mol. The molecule has 1 heterocycles. The molecule has 20 heavy (non-hydrogen) atoms. The molecule has 0 aromatic heterocycles. The fourth-order valence-electron chi connectivity index (χ4n) is 3.09. The SMILES string of the molecule is CC(C)(C)C1CCCN(c2cccc(Br)c2C#N)CC1. The molecule has 0 N–H and O–H groups in total. The highest BCUT2D eigenvalue weighted by atomic mass is 79.9. The van der Waals surface area contributed by atoms with Crippen LogP contribution in [0.5, 0.6) is 0 Å². The highest BCUT2D eigenvalue weighted by Crippen LogP contribution is 2.36. The third-order valence-electron chi connectivity index (χ3n) is 4.40. The molecule has 2 nitrogen and oxygen atoms in total. The average Bonchev–Trinajstić information content (AvgIpc) is 2.63. The normalized spacial score (nSPS) is 20.4. The second kappa shape index (κ2) is 6.18. The lowest BCUT2D eigenvalue weighted by atomic mass is 9.77. The zero-order chi connectivity index (χ0) is 14.8. The van der Waals surface area contributed by atoms with E-state index in [0.29, 0.717) is 5.41 Å². The Morgan fingerprint density at radius 2 is 2.00 bits per heavy atom. The molecule has 1 atom stereocenters.